The van der Waals surface area contributed by atoms with Crippen molar-refractivity contribution >= 4 is 11.6 Å². The van der Waals surface area contributed by atoms with Crippen LogP contribution in [-0.4, -0.2) is 30.4 Å². The molecule has 1 aromatic carbocycles. The zero-order chi connectivity index (χ0) is 14.4. The minimum Gasteiger partial charge on any atom is -0.376 e. The maximum atomic E-state index is 12.2. The number of rotatable bonds is 5. The summed E-state index contributed by atoms with van der Waals surface area (Å²) < 4.78 is 0. The normalized spacial score (nSPS) is 17.8. The summed E-state index contributed by atoms with van der Waals surface area (Å²) in [5, 5.41) is 3.20. The van der Waals surface area contributed by atoms with Gasteiger partial charge in [0.2, 0.25) is 5.91 Å². The van der Waals surface area contributed by atoms with Gasteiger partial charge in [-0.25, -0.2) is 0 Å². The van der Waals surface area contributed by atoms with Crippen LogP contribution in [0.5, 0.6) is 0 Å². The number of hydrogen-bond acceptors (Lipinski definition) is 2. The van der Waals surface area contributed by atoms with Gasteiger partial charge in [-0.1, -0.05) is 44.9 Å². The summed E-state index contributed by atoms with van der Waals surface area (Å²) in [4.78, 5) is 14.2. The SMILES string of the molecule is CCC1(CC)CCN(C(=O)CNc2ccccc2)CC1. The zero-order valence-electron chi connectivity index (χ0n) is 12.7. The number of amides is 1. The number of anilines is 1. The highest BCUT2D eigenvalue weighted by atomic mass is 16.2. The van der Waals surface area contributed by atoms with Gasteiger partial charge in [0.05, 0.1) is 6.54 Å². The van der Waals surface area contributed by atoms with E-state index in [1.54, 1.807) is 0 Å². The number of hydrogen-bond donors (Lipinski definition) is 1. The predicted octanol–water partition coefficient (Wildman–Crippen LogP) is 3.53. The van der Waals surface area contributed by atoms with Crippen molar-refractivity contribution in [3.8, 4) is 0 Å². The first-order chi connectivity index (χ1) is 9.69. The number of carbonyl (C=O) groups excluding carboxylic acids is 1. The van der Waals surface area contributed by atoms with Crippen LogP contribution >= 0.6 is 0 Å². The molecule has 0 radical (unpaired) electrons. The molecule has 1 N–H and O–H groups in total. The fraction of sp³-hybridized carbons (Fsp3) is 0.588. The van der Waals surface area contributed by atoms with Crippen LogP contribution in [0.1, 0.15) is 39.5 Å². The van der Waals surface area contributed by atoms with Crippen LogP contribution in [0, 0.1) is 5.41 Å². The van der Waals surface area contributed by atoms with E-state index in [2.05, 4.69) is 19.2 Å². The van der Waals surface area contributed by atoms with Crippen LogP contribution in [0.4, 0.5) is 5.69 Å². The molecule has 1 aliphatic rings. The number of benzene rings is 1. The zero-order valence-corrected chi connectivity index (χ0v) is 12.7. The Morgan fingerprint density at radius 3 is 2.30 bits per heavy atom. The molecule has 3 nitrogen and oxygen atoms in total. The summed E-state index contributed by atoms with van der Waals surface area (Å²) >= 11 is 0. The van der Waals surface area contributed by atoms with Crippen molar-refractivity contribution in [3.63, 3.8) is 0 Å². The first kappa shape index (κ1) is 14.9. The average Bonchev–Trinajstić information content (AvgIpc) is 2.53. The largest absolute Gasteiger partial charge is 0.376 e. The summed E-state index contributed by atoms with van der Waals surface area (Å²) in [7, 11) is 0. The summed E-state index contributed by atoms with van der Waals surface area (Å²) in [5.41, 5.74) is 1.48. The molecule has 1 saturated heterocycles. The van der Waals surface area contributed by atoms with Gasteiger partial charge >= 0.3 is 0 Å². The van der Waals surface area contributed by atoms with Gasteiger partial charge in [0.25, 0.3) is 0 Å². The molecule has 0 saturated carbocycles. The molecule has 1 fully saturated rings. The first-order valence-corrected chi connectivity index (χ1v) is 7.76. The smallest absolute Gasteiger partial charge is 0.241 e. The van der Waals surface area contributed by atoms with Crippen LogP contribution in [-0.2, 0) is 4.79 Å². The van der Waals surface area contributed by atoms with Crippen molar-refractivity contribution < 1.29 is 4.79 Å². The Bertz CT molecular complexity index is 416. The van der Waals surface area contributed by atoms with Crippen molar-refractivity contribution in [3.05, 3.63) is 30.3 Å². The molecule has 1 heterocycles. The number of para-hydroxylation sites is 1. The predicted molar refractivity (Wildman–Crippen MR) is 83.8 cm³/mol. The molecule has 1 aromatic rings. The third-order valence-corrected chi connectivity index (χ3v) is 4.89. The fourth-order valence-corrected chi connectivity index (χ4v) is 3.03. The highest BCUT2D eigenvalue weighted by Crippen LogP contribution is 2.37. The molecule has 3 heteroatoms. The van der Waals surface area contributed by atoms with E-state index < -0.39 is 0 Å². The molecule has 1 amide bonds. The molecular formula is C17H26N2O. The number of nitrogens with zero attached hydrogens (tertiary/aromatic N) is 1. The maximum Gasteiger partial charge on any atom is 0.241 e. The molecule has 0 aliphatic carbocycles. The lowest BCUT2D eigenvalue weighted by Gasteiger charge is -2.41. The molecule has 110 valence electrons. The van der Waals surface area contributed by atoms with Crippen molar-refractivity contribution in [2.45, 2.75) is 39.5 Å². The maximum absolute atomic E-state index is 12.2. The van der Waals surface area contributed by atoms with Gasteiger partial charge in [0, 0.05) is 18.8 Å². The Kier molecular flexibility index (Phi) is 5.05. The molecule has 2 rings (SSSR count). The van der Waals surface area contributed by atoms with Crippen molar-refractivity contribution in [2.24, 2.45) is 5.41 Å². The third-order valence-electron chi connectivity index (χ3n) is 4.89. The summed E-state index contributed by atoms with van der Waals surface area (Å²) in [5.74, 6) is 0.217. The summed E-state index contributed by atoms with van der Waals surface area (Å²) in [6.45, 7) is 6.78. The molecule has 0 unspecified atom stereocenters. The van der Waals surface area contributed by atoms with Crippen LogP contribution in [0.15, 0.2) is 30.3 Å². The van der Waals surface area contributed by atoms with E-state index in [-0.39, 0.29) is 5.91 Å². The molecule has 0 spiro atoms. The van der Waals surface area contributed by atoms with Crippen molar-refractivity contribution in [1.82, 2.24) is 4.90 Å². The molecule has 1 aliphatic heterocycles. The topological polar surface area (TPSA) is 32.3 Å². The second-order valence-electron chi connectivity index (χ2n) is 5.81. The van der Waals surface area contributed by atoms with Gasteiger partial charge in [-0.2, -0.15) is 0 Å². The van der Waals surface area contributed by atoms with E-state index in [9.17, 15) is 4.79 Å². The molecule has 0 atom stereocenters. The van der Waals surface area contributed by atoms with Crippen LogP contribution in [0.25, 0.3) is 0 Å². The Hall–Kier alpha value is -1.51. The van der Waals surface area contributed by atoms with E-state index in [1.165, 1.54) is 12.8 Å². The molecule has 0 bridgehead atoms. The van der Waals surface area contributed by atoms with Gasteiger partial charge in [-0.05, 0) is 30.4 Å². The summed E-state index contributed by atoms with van der Waals surface area (Å²) in [6, 6.07) is 9.91. The second kappa shape index (κ2) is 6.78. The Morgan fingerprint density at radius 2 is 1.75 bits per heavy atom. The number of nitrogens with one attached hydrogen (secondary N) is 1. The minimum absolute atomic E-state index is 0.217. The van der Waals surface area contributed by atoms with Gasteiger partial charge in [0.15, 0.2) is 0 Å². The number of likely N-dealkylation sites (tertiary alicyclic amines) is 1. The van der Waals surface area contributed by atoms with Crippen molar-refractivity contribution in [2.75, 3.05) is 25.0 Å². The highest BCUT2D eigenvalue weighted by molar-refractivity contribution is 5.80. The lowest BCUT2D eigenvalue weighted by atomic mass is 9.74. The van der Waals surface area contributed by atoms with Crippen LogP contribution in [0.2, 0.25) is 0 Å². The van der Waals surface area contributed by atoms with Crippen LogP contribution in [0.3, 0.4) is 0 Å². The molecule has 20 heavy (non-hydrogen) atoms. The number of carbonyl (C=O) groups is 1. The van der Waals surface area contributed by atoms with E-state index in [0.29, 0.717) is 12.0 Å². The Balaban J connectivity index is 1.80. The van der Waals surface area contributed by atoms with Gasteiger partial charge in [-0.3, -0.25) is 4.79 Å². The second-order valence-corrected chi connectivity index (χ2v) is 5.81. The monoisotopic (exact) mass is 274 g/mol. The van der Waals surface area contributed by atoms with Crippen molar-refractivity contribution in [1.29, 1.82) is 0 Å². The lowest BCUT2D eigenvalue weighted by molar-refractivity contribution is -0.131. The third kappa shape index (κ3) is 3.53. The highest BCUT2D eigenvalue weighted by Gasteiger charge is 2.32. The summed E-state index contributed by atoms with van der Waals surface area (Å²) in [6.07, 6.45) is 4.76. The van der Waals surface area contributed by atoms with E-state index >= 15 is 0 Å². The van der Waals surface area contributed by atoms with Gasteiger partial charge in [-0.15, -0.1) is 0 Å². The molecular weight excluding hydrogens is 248 g/mol. The fourth-order valence-electron chi connectivity index (χ4n) is 3.03. The van der Waals surface area contributed by atoms with E-state index in [1.807, 2.05) is 35.2 Å². The lowest BCUT2D eigenvalue weighted by Crippen LogP contribution is -2.44. The van der Waals surface area contributed by atoms with Gasteiger partial charge < -0.3 is 10.2 Å². The Morgan fingerprint density at radius 1 is 1.15 bits per heavy atom. The first-order valence-electron chi connectivity index (χ1n) is 7.76. The average molecular weight is 274 g/mol. The van der Waals surface area contributed by atoms with E-state index in [0.717, 1.165) is 31.6 Å². The standard InChI is InChI=1S/C17H26N2O/c1-3-17(4-2)10-12-19(13-11-17)16(20)14-18-15-8-6-5-7-9-15/h5-9,18H,3-4,10-14H2,1-2H3. The Labute approximate surface area is 122 Å². The quantitative estimate of drug-likeness (QED) is 0.891. The van der Waals surface area contributed by atoms with E-state index in [4.69, 9.17) is 0 Å². The minimum atomic E-state index is 0.217. The number of piperidine rings is 1. The van der Waals surface area contributed by atoms with Crippen LogP contribution < -0.4 is 5.32 Å². The molecule has 0 aromatic heterocycles. The van der Waals surface area contributed by atoms with Gasteiger partial charge in [0.1, 0.15) is 0 Å².